The van der Waals surface area contributed by atoms with E-state index in [1.54, 1.807) is 4.72 Å². The van der Waals surface area contributed by atoms with Crippen LogP contribution in [0.2, 0.25) is 0 Å². The van der Waals surface area contributed by atoms with E-state index in [9.17, 15) is 35.2 Å². The molecule has 1 unspecified atom stereocenters. The van der Waals surface area contributed by atoms with E-state index in [2.05, 4.69) is 10.3 Å². The molecule has 0 fully saturated rings. The monoisotopic (exact) mass is 521 g/mol. The first kappa shape index (κ1) is 25.4. The quantitative estimate of drug-likeness (QED) is 0.428. The van der Waals surface area contributed by atoms with Gasteiger partial charge >= 0.3 is 12.3 Å². The van der Waals surface area contributed by atoms with Crippen molar-refractivity contribution < 1.29 is 39.9 Å². The summed E-state index contributed by atoms with van der Waals surface area (Å²) >= 11 is 0.950. The summed E-state index contributed by atoms with van der Waals surface area (Å²) in [7, 11) is -3.92. The minimum absolute atomic E-state index is 0.0195. The number of halogens is 5. The van der Waals surface area contributed by atoms with E-state index in [0.717, 1.165) is 41.9 Å². The number of carbonyl (C=O) groups excluding carboxylic acids is 1. The Morgan fingerprint density at radius 2 is 1.79 bits per heavy atom. The average Bonchev–Trinajstić information content (AvgIpc) is 3.17. The molecule has 0 aliphatic carbocycles. The predicted octanol–water partition coefficient (Wildman–Crippen LogP) is 5.33. The maximum atomic E-state index is 14.2. The lowest BCUT2D eigenvalue weighted by Gasteiger charge is -2.15. The summed E-state index contributed by atoms with van der Waals surface area (Å²) in [5.41, 5.74) is -1.55. The first-order valence-corrected chi connectivity index (χ1v) is 12.1. The highest BCUT2D eigenvalue weighted by Gasteiger charge is 2.30. The summed E-state index contributed by atoms with van der Waals surface area (Å²) in [6.45, 7) is 1.40. The molecule has 0 spiro atoms. The van der Waals surface area contributed by atoms with Crippen LogP contribution in [-0.2, 0) is 16.2 Å². The first-order chi connectivity index (χ1) is 15.7. The lowest BCUT2D eigenvalue weighted by Crippen LogP contribution is -2.29. The molecular formula is C20H16F5N3O4S2. The highest BCUT2D eigenvalue weighted by Crippen LogP contribution is 2.34. The molecular weight excluding hydrogens is 505 g/mol. The van der Waals surface area contributed by atoms with Crippen molar-refractivity contribution >= 4 is 33.1 Å². The van der Waals surface area contributed by atoms with Crippen molar-refractivity contribution in [2.45, 2.75) is 19.1 Å². The third-order valence-corrected chi connectivity index (χ3v) is 5.75. The molecule has 14 heteroatoms. The number of carbonyl (C=O) groups is 1. The van der Waals surface area contributed by atoms with Crippen LogP contribution in [0.3, 0.4) is 0 Å². The van der Waals surface area contributed by atoms with Gasteiger partial charge in [-0.15, -0.1) is 11.3 Å². The summed E-state index contributed by atoms with van der Waals surface area (Å²) in [5, 5.41) is 3.82. The van der Waals surface area contributed by atoms with E-state index in [1.807, 2.05) is 0 Å². The number of nitrogens with zero attached hydrogens (tertiary/aromatic N) is 1. The molecule has 1 aromatic heterocycles. The normalized spacial score (nSPS) is 12.8. The average molecular weight is 521 g/mol. The van der Waals surface area contributed by atoms with Gasteiger partial charge in [0.05, 0.1) is 23.2 Å². The van der Waals surface area contributed by atoms with Crippen LogP contribution >= 0.6 is 11.3 Å². The molecule has 0 aliphatic rings. The number of ether oxygens (including phenoxy) is 1. The Bertz CT molecular complexity index is 1300. The number of benzene rings is 2. The molecule has 0 aliphatic heterocycles. The Hall–Kier alpha value is -3.26. The minimum atomic E-state index is -4.53. The molecule has 2 aromatic carbocycles. The van der Waals surface area contributed by atoms with Crippen LogP contribution < -0.4 is 14.8 Å². The second-order valence-corrected chi connectivity index (χ2v) is 9.67. The number of hydrogen-bond acceptors (Lipinski definition) is 6. The third kappa shape index (κ3) is 6.41. The van der Waals surface area contributed by atoms with Crippen molar-refractivity contribution in [3.63, 3.8) is 0 Å². The molecule has 0 saturated carbocycles. The molecule has 7 nitrogen and oxygen atoms in total. The Balaban J connectivity index is 1.68. The van der Waals surface area contributed by atoms with Crippen LogP contribution in [0, 0.1) is 11.6 Å². The van der Waals surface area contributed by atoms with Gasteiger partial charge in [-0.2, -0.15) is 13.2 Å². The lowest BCUT2D eigenvalue weighted by molar-refractivity contribution is -0.137. The van der Waals surface area contributed by atoms with E-state index >= 15 is 0 Å². The number of anilines is 1. The van der Waals surface area contributed by atoms with Crippen LogP contribution in [0.15, 0.2) is 41.8 Å². The van der Waals surface area contributed by atoms with E-state index in [0.29, 0.717) is 0 Å². The van der Waals surface area contributed by atoms with Crippen molar-refractivity contribution in [3.05, 3.63) is 64.5 Å². The zero-order valence-corrected chi connectivity index (χ0v) is 19.0. The molecule has 0 saturated heterocycles. The number of thiazole rings is 1. The van der Waals surface area contributed by atoms with Gasteiger partial charge in [0.25, 0.3) is 0 Å². The molecule has 0 bridgehead atoms. The molecule has 1 heterocycles. The first-order valence-electron chi connectivity index (χ1n) is 9.31. The fourth-order valence-corrected chi connectivity index (χ4v) is 4.06. The maximum absolute atomic E-state index is 14.2. The fourth-order valence-electron chi connectivity index (χ4n) is 2.78. The van der Waals surface area contributed by atoms with Gasteiger partial charge in [-0.25, -0.2) is 27.0 Å². The number of nitrogens with one attached hydrogen (secondary N) is 2. The zero-order valence-electron chi connectivity index (χ0n) is 17.4. The number of alkyl halides is 3. The molecule has 1 amide bonds. The Morgan fingerprint density at radius 1 is 1.15 bits per heavy atom. The largest absolute Gasteiger partial charge is 0.416 e. The van der Waals surface area contributed by atoms with Crippen LogP contribution in [0.5, 0.6) is 5.88 Å². The molecule has 182 valence electrons. The number of aromatic nitrogens is 1. The standard InChI is InChI=1S/C20H16F5N3O4S2/c1-10(12-7-14(21)17(15(22)8-12)28-34(2,30)31)26-19(29)32-16-9-33-18(27-16)11-4-3-5-13(6-11)20(23,24)25/h3-10,28H,1-2H3,(H,26,29). The molecule has 0 radical (unpaired) electrons. The van der Waals surface area contributed by atoms with Gasteiger partial charge < -0.3 is 10.1 Å². The van der Waals surface area contributed by atoms with Crippen LogP contribution in [0.1, 0.15) is 24.1 Å². The topological polar surface area (TPSA) is 97.4 Å². The predicted molar refractivity (Wildman–Crippen MR) is 115 cm³/mol. The van der Waals surface area contributed by atoms with Crippen molar-refractivity contribution in [2.75, 3.05) is 11.0 Å². The Labute approximate surface area is 194 Å². The molecule has 2 N–H and O–H groups in total. The fraction of sp³-hybridized carbons (Fsp3) is 0.200. The van der Waals surface area contributed by atoms with Crippen LogP contribution in [0.4, 0.5) is 32.4 Å². The van der Waals surface area contributed by atoms with Crippen LogP contribution in [0.25, 0.3) is 10.6 Å². The summed E-state index contributed by atoms with van der Waals surface area (Å²) in [6.07, 6.45) is -4.83. The summed E-state index contributed by atoms with van der Waals surface area (Å²) in [5.74, 6) is -2.56. The number of rotatable bonds is 6. The van der Waals surface area contributed by atoms with Crippen molar-refractivity contribution in [1.82, 2.24) is 10.3 Å². The number of sulfonamides is 1. The Kier molecular flexibility index (Phi) is 7.12. The third-order valence-electron chi connectivity index (χ3n) is 4.30. The van der Waals surface area contributed by atoms with Crippen molar-refractivity contribution in [3.8, 4) is 16.5 Å². The van der Waals surface area contributed by atoms with Gasteiger partial charge in [0, 0.05) is 5.56 Å². The minimum Gasteiger partial charge on any atom is -0.390 e. The Morgan fingerprint density at radius 3 is 2.38 bits per heavy atom. The van der Waals surface area contributed by atoms with Gasteiger partial charge in [0.2, 0.25) is 15.9 Å². The maximum Gasteiger partial charge on any atom is 0.416 e. The second-order valence-electron chi connectivity index (χ2n) is 7.06. The van der Waals surface area contributed by atoms with E-state index < -0.39 is 51.2 Å². The van der Waals surface area contributed by atoms with Crippen molar-refractivity contribution in [2.24, 2.45) is 0 Å². The van der Waals surface area contributed by atoms with Crippen molar-refractivity contribution in [1.29, 1.82) is 0 Å². The van der Waals surface area contributed by atoms with E-state index in [1.165, 1.54) is 24.4 Å². The molecule has 3 rings (SSSR count). The summed E-state index contributed by atoms with van der Waals surface area (Å²) in [4.78, 5) is 16.1. The van der Waals surface area contributed by atoms with E-state index in [-0.39, 0.29) is 22.0 Å². The van der Waals surface area contributed by atoms with Gasteiger partial charge in [0.15, 0.2) is 11.6 Å². The molecule has 1 atom stereocenters. The smallest absolute Gasteiger partial charge is 0.390 e. The van der Waals surface area contributed by atoms with Gasteiger partial charge in [-0.05, 0) is 36.8 Å². The summed E-state index contributed by atoms with van der Waals surface area (Å²) in [6, 6.07) is 5.21. The lowest BCUT2D eigenvalue weighted by atomic mass is 10.1. The highest BCUT2D eigenvalue weighted by molar-refractivity contribution is 7.92. The van der Waals surface area contributed by atoms with Crippen LogP contribution in [-0.4, -0.2) is 25.8 Å². The molecule has 3 aromatic rings. The number of amides is 1. The summed E-state index contributed by atoms with van der Waals surface area (Å²) < 4.78 is 96.2. The second kappa shape index (κ2) is 9.54. The highest BCUT2D eigenvalue weighted by atomic mass is 32.2. The number of hydrogen-bond donors (Lipinski definition) is 2. The van der Waals surface area contributed by atoms with Gasteiger partial charge in [0.1, 0.15) is 10.7 Å². The van der Waals surface area contributed by atoms with E-state index in [4.69, 9.17) is 4.74 Å². The SMILES string of the molecule is CC(NC(=O)Oc1csc(-c2cccc(C(F)(F)F)c2)n1)c1cc(F)c(NS(C)(=O)=O)c(F)c1. The van der Waals surface area contributed by atoms with Gasteiger partial charge in [-0.3, -0.25) is 4.72 Å². The zero-order chi connectivity index (χ0) is 25.3. The molecule has 34 heavy (non-hydrogen) atoms. The van der Waals surface area contributed by atoms with Gasteiger partial charge in [-0.1, -0.05) is 12.1 Å².